The van der Waals surface area contributed by atoms with Crippen molar-refractivity contribution in [1.82, 2.24) is 28.7 Å². The van der Waals surface area contributed by atoms with E-state index in [1.165, 1.54) is 12.1 Å². The van der Waals surface area contributed by atoms with Crippen LogP contribution in [-0.2, 0) is 45.1 Å². The van der Waals surface area contributed by atoms with E-state index in [4.69, 9.17) is 33.0 Å². The number of hydrogen-bond acceptors (Lipinski definition) is 11. The summed E-state index contributed by atoms with van der Waals surface area (Å²) in [5.41, 5.74) is 12.9. The molecule has 14 nitrogen and oxygen atoms in total. The van der Waals surface area contributed by atoms with Gasteiger partial charge in [0.25, 0.3) is 5.69 Å². The van der Waals surface area contributed by atoms with Gasteiger partial charge in [-0.25, -0.2) is 19.9 Å². The number of fused-ring (bicyclic) bond motifs is 2. The molecule has 8 rings (SSSR count). The van der Waals surface area contributed by atoms with Gasteiger partial charge in [0.15, 0.2) is 0 Å². The summed E-state index contributed by atoms with van der Waals surface area (Å²) in [7, 11) is 9.87. The Morgan fingerprint density at radius 2 is 1.03 bits per heavy atom. The van der Waals surface area contributed by atoms with Crippen molar-refractivity contribution in [3.63, 3.8) is 0 Å². The molecule has 4 aromatic heterocycles. The molecule has 4 aromatic carbocycles. The summed E-state index contributed by atoms with van der Waals surface area (Å²) in [6.45, 7) is 0.492. The summed E-state index contributed by atoms with van der Waals surface area (Å²) in [6.07, 6.45) is 10.8. The van der Waals surface area contributed by atoms with Crippen molar-refractivity contribution in [1.29, 1.82) is 0 Å². The zero-order valence-electron chi connectivity index (χ0n) is 31.1. The number of nitrogen functional groups attached to an aromatic ring is 1. The van der Waals surface area contributed by atoms with E-state index in [1.54, 1.807) is 41.3 Å². The number of non-ortho nitro benzene ring substituents is 1. The standard InChI is InChI=1S/C21H16N4O4.C21H18N4O2.2ClH.Sn/c26-20(29-14-15-4-2-1-3-5-15)10-16-11-22-21-23-19(13-24(21)12-16)17-6-8-18(9-7-17)25(27)28;22-18-8-6-17(7-9-18)19-13-25-12-16(11-23-21(25)24-19)10-20(26)27-14-15-4-2-1-3-5-15;;;/h1-9,11-13H,10,14H2;1-9,11-13H,10,14,22H2;2*1H;/q;;;;+2/p-2. The van der Waals surface area contributed by atoms with Crippen molar-refractivity contribution in [3.05, 3.63) is 179 Å². The third-order valence-electron chi connectivity index (χ3n) is 8.49. The van der Waals surface area contributed by atoms with Gasteiger partial charge in [0, 0.05) is 66.1 Å². The first kappa shape index (κ1) is 42.3. The molecule has 0 saturated carbocycles. The number of esters is 2. The number of nitrogens with zero attached hydrogens (tertiary/aromatic N) is 7. The fourth-order valence-electron chi connectivity index (χ4n) is 5.63. The molecular weight excluding hydrogens is 902 g/mol. The molecule has 296 valence electrons. The van der Waals surface area contributed by atoms with E-state index in [-0.39, 0.29) is 43.7 Å². The van der Waals surface area contributed by atoms with E-state index < -0.39 is 23.8 Å². The first-order valence-corrected chi connectivity index (χ1v) is 25.0. The molecule has 0 spiro atoms. The second-order valence-corrected chi connectivity index (χ2v) is 17.0. The monoisotopic (exact) mass is 936 g/mol. The normalized spacial score (nSPS) is 10.5. The Morgan fingerprint density at radius 1 is 0.627 bits per heavy atom. The third-order valence-corrected chi connectivity index (χ3v) is 8.49. The number of rotatable bonds is 11. The summed E-state index contributed by atoms with van der Waals surface area (Å²) < 4.78 is 14.2. The maximum atomic E-state index is 12.1. The number of halogens is 2. The molecule has 4 heterocycles. The van der Waals surface area contributed by atoms with E-state index >= 15 is 0 Å². The van der Waals surface area contributed by atoms with Crippen molar-refractivity contribution in [2.75, 3.05) is 5.73 Å². The molecule has 59 heavy (non-hydrogen) atoms. The van der Waals surface area contributed by atoms with Crippen LogP contribution in [0.4, 0.5) is 11.4 Å². The van der Waals surface area contributed by atoms with E-state index in [2.05, 4.69) is 19.9 Å². The van der Waals surface area contributed by atoms with Crippen LogP contribution in [0.3, 0.4) is 0 Å². The van der Waals surface area contributed by atoms with Crippen LogP contribution in [0.1, 0.15) is 22.3 Å². The Bertz CT molecular complexity index is 2650. The molecule has 0 atom stereocenters. The van der Waals surface area contributed by atoms with Crippen LogP contribution in [0.2, 0.25) is 0 Å². The van der Waals surface area contributed by atoms with E-state index in [0.29, 0.717) is 28.5 Å². The average Bonchev–Trinajstić information content (AvgIpc) is 3.88. The fourth-order valence-corrected chi connectivity index (χ4v) is 5.63. The van der Waals surface area contributed by atoms with Gasteiger partial charge in [-0.1, -0.05) is 72.8 Å². The molecule has 0 saturated heterocycles. The van der Waals surface area contributed by atoms with Crippen LogP contribution < -0.4 is 5.73 Å². The minimum absolute atomic E-state index is 0.0203. The molecule has 0 aliphatic carbocycles. The number of nitro benzene ring substituents is 1. The van der Waals surface area contributed by atoms with Crippen LogP contribution in [0.25, 0.3) is 34.1 Å². The summed E-state index contributed by atoms with van der Waals surface area (Å²) in [4.78, 5) is 52.1. The van der Waals surface area contributed by atoms with Crippen molar-refractivity contribution in [3.8, 4) is 22.5 Å². The van der Waals surface area contributed by atoms with Crippen LogP contribution in [-0.4, -0.2) is 64.5 Å². The zero-order valence-corrected chi connectivity index (χ0v) is 35.5. The zero-order chi connectivity index (χ0) is 41.6. The number of imidazole rings is 2. The van der Waals surface area contributed by atoms with Crippen LogP contribution in [0, 0.1) is 10.1 Å². The SMILES string of the molecule is Nc1ccc(-c2cn3cc(CC(=O)OCc4ccccc4)cnc3n2)cc1.O=C(Cc1cnc2nc(-c3ccc([N+](=O)[O-])cc3)cn2c1)OCc1ccccc1.[Cl][Sn][Cl]. The Labute approximate surface area is 355 Å². The van der Waals surface area contributed by atoms with Crippen LogP contribution in [0.5, 0.6) is 0 Å². The third kappa shape index (κ3) is 12.3. The summed E-state index contributed by atoms with van der Waals surface area (Å²) in [5.74, 6) is 0.410. The van der Waals surface area contributed by atoms with Crippen LogP contribution >= 0.6 is 17.8 Å². The van der Waals surface area contributed by atoms with E-state index in [1.807, 2.05) is 102 Å². The number of anilines is 1. The van der Waals surface area contributed by atoms with Crippen molar-refractivity contribution in [2.45, 2.75) is 26.1 Å². The molecule has 0 aliphatic rings. The fraction of sp³-hybridized carbons (Fsp3) is 0.0952. The predicted octanol–water partition coefficient (Wildman–Crippen LogP) is 7.85. The molecule has 2 radical (unpaired) electrons. The Kier molecular flexibility index (Phi) is 15.0. The number of carbonyl (C=O) groups excluding carboxylic acids is 2. The Hall–Kier alpha value is -6.36. The molecule has 17 heteroatoms. The number of nitro groups is 1. The first-order valence-electron chi connectivity index (χ1n) is 17.8. The van der Waals surface area contributed by atoms with Gasteiger partial charge in [0.1, 0.15) is 13.2 Å². The van der Waals surface area contributed by atoms with Gasteiger partial charge in [0.05, 0.1) is 29.2 Å². The number of nitrogens with two attached hydrogens (primary N) is 1. The van der Waals surface area contributed by atoms with E-state index in [0.717, 1.165) is 33.5 Å². The summed E-state index contributed by atoms with van der Waals surface area (Å²) in [6, 6.07) is 32.7. The number of carbonyl (C=O) groups is 2. The molecule has 0 bridgehead atoms. The van der Waals surface area contributed by atoms with Crippen LogP contribution in [0.15, 0.2) is 146 Å². The number of benzene rings is 4. The number of hydrogen-bond donors (Lipinski definition) is 1. The topological polar surface area (TPSA) is 182 Å². The minimum atomic E-state index is -0.826. The molecule has 0 aliphatic heterocycles. The molecule has 2 N–H and O–H groups in total. The Morgan fingerprint density at radius 3 is 1.44 bits per heavy atom. The van der Waals surface area contributed by atoms with Gasteiger partial charge in [-0.2, -0.15) is 0 Å². The van der Waals surface area contributed by atoms with Gasteiger partial charge in [-0.05, 0) is 46.5 Å². The molecular formula is C42H34Cl2N8O6Sn. The number of ether oxygens (including phenoxy) is 2. The van der Waals surface area contributed by atoms with Gasteiger partial charge < -0.3 is 15.2 Å². The summed E-state index contributed by atoms with van der Waals surface area (Å²) in [5, 5.41) is 10.8. The number of aromatic nitrogens is 6. The quantitative estimate of drug-likeness (QED) is 0.0438. The van der Waals surface area contributed by atoms with Gasteiger partial charge in [-0.3, -0.25) is 28.5 Å². The molecule has 8 aromatic rings. The second kappa shape index (κ2) is 20.9. The molecule has 0 amide bonds. The van der Waals surface area contributed by atoms with Crippen molar-refractivity contribution >= 4 is 71.6 Å². The first-order chi connectivity index (χ1) is 28.7. The summed E-state index contributed by atoms with van der Waals surface area (Å²) >= 11 is -0.826. The molecule has 0 unspecified atom stereocenters. The maximum absolute atomic E-state index is 12.1. The van der Waals surface area contributed by atoms with Crippen molar-refractivity contribution in [2.24, 2.45) is 0 Å². The Balaban J connectivity index is 0.000000187. The van der Waals surface area contributed by atoms with Gasteiger partial charge in [0.2, 0.25) is 11.6 Å². The second-order valence-electron chi connectivity index (χ2n) is 12.7. The van der Waals surface area contributed by atoms with E-state index in [9.17, 15) is 19.7 Å². The van der Waals surface area contributed by atoms with Gasteiger partial charge in [-0.15, -0.1) is 0 Å². The van der Waals surface area contributed by atoms with Gasteiger partial charge >= 0.3 is 48.7 Å². The molecule has 0 fully saturated rings. The average molecular weight is 936 g/mol. The predicted molar refractivity (Wildman–Crippen MR) is 225 cm³/mol. The van der Waals surface area contributed by atoms with Crippen molar-refractivity contribution < 1.29 is 24.0 Å².